The van der Waals surface area contributed by atoms with Gasteiger partial charge in [-0.1, -0.05) is 20.3 Å². The van der Waals surface area contributed by atoms with Gasteiger partial charge in [-0.2, -0.15) is 0 Å². The molecule has 1 rings (SSSR count). The maximum absolute atomic E-state index is 11.5. The number of hydrogen-bond acceptors (Lipinski definition) is 2. The van der Waals surface area contributed by atoms with E-state index in [1.165, 1.54) is 12.8 Å². The van der Waals surface area contributed by atoms with Crippen LogP contribution in [0.4, 0.5) is 4.79 Å². The first-order valence-corrected chi connectivity index (χ1v) is 6.28. The lowest BCUT2D eigenvalue weighted by atomic mass is 10.1. The number of carbonyl (C=O) groups excluding carboxylic acids is 1. The highest BCUT2D eigenvalue weighted by molar-refractivity contribution is 5.74. The van der Waals surface area contributed by atoms with Gasteiger partial charge in [-0.25, -0.2) is 4.79 Å². The molecule has 98 valence electrons. The normalized spacial score (nSPS) is 25.3. The van der Waals surface area contributed by atoms with E-state index >= 15 is 0 Å². The Morgan fingerprint density at radius 1 is 1.41 bits per heavy atom. The minimum absolute atomic E-state index is 0.179. The lowest BCUT2D eigenvalue weighted by Crippen LogP contribution is -2.43. The molecule has 0 saturated heterocycles. The first-order chi connectivity index (χ1) is 8.00. The van der Waals surface area contributed by atoms with E-state index in [2.05, 4.69) is 17.6 Å². The van der Waals surface area contributed by atoms with Crippen molar-refractivity contribution in [2.24, 2.45) is 11.8 Å². The van der Waals surface area contributed by atoms with E-state index < -0.39 is 11.9 Å². The summed E-state index contributed by atoms with van der Waals surface area (Å²) in [7, 11) is 0. The molecule has 17 heavy (non-hydrogen) atoms. The molecular weight excluding hydrogens is 220 g/mol. The Bertz CT molecular complexity index is 281. The van der Waals surface area contributed by atoms with Crippen molar-refractivity contribution in [1.82, 2.24) is 10.6 Å². The number of hydrogen-bond donors (Lipinski definition) is 3. The molecule has 0 aromatic rings. The average molecular weight is 242 g/mol. The van der Waals surface area contributed by atoms with Crippen LogP contribution < -0.4 is 10.6 Å². The first kappa shape index (κ1) is 13.8. The fraction of sp³-hybridized carbons (Fsp3) is 0.833. The summed E-state index contributed by atoms with van der Waals surface area (Å²) in [5.74, 6) is -0.698. The Kier molecular flexibility index (Phi) is 5.25. The topological polar surface area (TPSA) is 78.4 Å². The largest absolute Gasteiger partial charge is 0.481 e. The fourth-order valence-electron chi connectivity index (χ4n) is 2.10. The molecule has 5 nitrogen and oxygen atoms in total. The molecule has 0 radical (unpaired) electrons. The number of carboxylic acid groups (broad SMARTS) is 1. The van der Waals surface area contributed by atoms with E-state index in [9.17, 15) is 9.59 Å². The van der Waals surface area contributed by atoms with E-state index in [1.54, 1.807) is 6.92 Å². The van der Waals surface area contributed by atoms with Crippen molar-refractivity contribution >= 4 is 12.0 Å². The monoisotopic (exact) mass is 242 g/mol. The molecule has 2 amide bonds. The van der Waals surface area contributed by atoms with Crippen LogP contribution in [0, 0.1) is 11.8 Å². The van der Waals surface area contributed by atoms with Crippen LogP contribution in [0.2, 0.25) is 0 Å². The maximum atomic E-state index is 11.5. The Hall–Kier alpha value is -1.26. The third-order valence-electron chi connectivity index (χ3n) is 3.46. The predicted molar refractivity (Wildman–Crippen MR) is 64.8 cm³/mol. The summed E-state index contributed by atoms with van der Waals surface area (Å²) >= 11 is 0. The fourth-order valence-corrected chi connectivity index (χ4v) is 2.10. The molecule has 0 spiro atoms. The molecule has 0 aromatic carbocycles. The number of rotatable bonds is 5. The minimum atomic E-state index is -0.823. The van der Waals surface area contributed by atoms with Crippen LogP contribution in [0.1, 0.15) is 39.5 Å². The van der Waals surface area contributed by atoms with E-state index in [-0.39, 0.29) is 12.1 Å². The van der Waals surface area contributed by atoms with E-state index in [4.69, 9.17) is 5.11 Å². The van der Waals surface area contributed by atoms with Crippen molar-refractivity contribution in [2.75, 3.05) is 6.54 Å². The van der Waals surface area contributed by atoms with Crippen LogP contribution in [0.3, 0.4) is 0 Å². The van der Waals surface area contributed by atoms with Crippen LogP contribution >= 0.6 is 0 Å². The van der Waals surface area contributed by atoms with Crippen LogP contribution in [0.15, 0.2) is 0 Å². The lowest BCUT2D eigenvalue weighted by molar-refractivity contribution is -0.141. The molecule has 1 aliphatic rings. The lowest BCUT2D eigenvalue weighted by Gasteiger charge is -2.17. The summed E-state index contributed by atoms with van der Waals surface area (Å²) in [6.07, 6.45) is 3.84. The van der Waals surface area contributed by atoms with Crippen LogP contribution in [-0.4, -0.2) is 29.7 Å². The number of carbonyl (C=O) groups is 2. The van der Waals surface area contributed by atoms with Gasteiger partial charge in [-0.15, -0.1) is 0 Å². The second-order valence-corrected chi connectivity index (χ2v) is 4.94. The van der Waals surface area contributed by atoms with Gasteiger partial charge in [0.1, 0.15) is 0 Å². The molecular formula is C12H22N2O3. The summed E-state index contributed by atoms with van der Waals surface area (Å²) in [6.45, 7) is 4.19. The van der Waals surface area contributed by atoms with Crippen LogP contribution in [0.25, 0.3) is 0 Å². The quantitative estimate of drug-likeness (QED) is 0.685. The van der Waals surface area contributed by atoms with Crippen molar-refractivity contribution in [3.05, 3.63) is 0 Å². The molecule has 5 heteroatoms. The third-order valence-corrected chi connectivity index (χ3v) is 3.46. The molecule has 3 N–H and O–H groups in total. The second-order valence-electron chi connectivity index (χ2n) is 4.94. The number of aliphatic carboxylic acids is 1. The van der Waals surface area contributed by atoms with Gasteiger partial charge in [0.25, 0.3) is 0 Å². The number of nitrogens with one attached hydrogen (secondary N) is 2. The summed E-state index contributed by atoms with van der Waals surface area (Å²) in [5.41, 5.74) is 0. The molecule has 1 aliphatic carbocycles. The summed E-state index contributed by atoms with van der Waals surface area (Å²) in [5, 5.41) is 14.3. The zero-order chi connectivity index (χ0) is 12.8. The maximum Gasteiger partial charge on any atom is 0.315 e. The van der Waals surface area contributed by atoms with Crippen molar-refractivity contribution in [2.45, 2.75) is 45.6 Å². The van der Waals surface area contributed by atoms with Gasteiger partial charge < -0.3 is 15.7 Å². The Morgan fingerprint density at radius 2 is 2.12 bits per heavy atom. The SMILES string of the molecule is CC(CCNC(=O)NC1CCCC1C)C(=O)O. The van der Waals surface area contributed by atoms with Gasteiger partial charge >= 0.3 is 12.0 Å². The van der Waals surface area contributed by atoms with E-state index in [1.807, 2.05) is 0 Å². The van der Waals surface area contributed by atoms with E-state index in [0.29, 0.717) is 18.9 Å². The predicted octanol–water partition coefficient (Wildman–Crippen LogP) is 1.58. The Balaban J connectivity index is 2.15. The van der Waals surface area contributed by atoms with Gasteiger partial charge in [0.05, 0.1) is 5.92 Å². The smallest absolute Gasteiger partial charge is 0.315 e. The highest BCUT2D eigenvalue weighted by Crippen LogP contribution is 2.24. The Labute approximate surface area is 102 Å². The van der Waals surface area contributed by atoms with Crippen molar-refractivity contribution in [3.8, 4) is 0 Å². The molecule has 0 heterocycles. The number of carboxylic acids is 1. The molecule has 1 fully saturated rings. The van der Waals surface area contributed by atoms with E-state index in [0.717, 1.165) is 6.42 Å². The zero-order valence-electron chi connectivity index (χ0n) is 10.5. The molecule has 0 aliphatic heterocycles. The molecule has 3 atom stereocenters. The summed E-state index contributed by atoms with van der Waals surface area (Å²) in [6, 6.07) is 0.0910. The molecule has 0 aromatic heterocycles. The van der Waals surface area contributed by atoms with Crippen molar-refractivity contribution in [3.63, 3.8) is 0 Å². The van der Waals surface area contributed by atoms with Gasteiger partial charge in [0.15, 0.2) is 0 Å². The highest BCUT2D eigenvalue weighted by atomic mass is 16.4. The molecule has 0 bridgehead atoms. The van der Waals surface area contributed by atoms with Gasteiger partial charge in [-0.3, -0.25) is 4.79 Å². The first-order valence-electron chi connectivity index (χ1n) is 6.28. The van der Waals surface area contributed by atoms with Crippen LogP contribution in [-0.2, 0) is 4.79 Å². The molecule has 1 saturated carbocycles. The average Bonchev–Trinajstić information content (AvgIpc) is 2.64. The Morgan fingerprint density at radius 3 is 2.65 bits per heavy atom. The highest BCUT2D eigenvalue weighted by Gasteiger charge is 2.24. The minimum Gasteiger partial charge on any atom is -0.481 e. The summed E-state index contributed by atoms with van der Waals surface area (Å²) in [4.78, 5) is 22.1. The second kappa shape index (κ2) is 6.47. The number of urea groups is 1. The van der Waals surface area contributed by atoms with Gasteiger partial charge in [-0.05, 0) is 25.2 Å². The van der Waals surface area contributed by atoms with Gasteiger partial charge in [0, 0.05) is 12.6 Å². The molecule has 3 unspecified atom stereocenters. The van der Waals surface area contributed by atoms with Crippen LogP contribution in [0.5, 0.6) is 0 Å². The van der Waals surface area contributed by atoms with Crippen molar-refractivity contribution < 1.29 is 14.7 Å². The van der Waals surface area contributed by atoms with Crippen molar-refractivity contribution in [1.29, 1.82) is 0 Å². The van der Waals surface area contributed by atoms with Gasteiger partial charge in [0.2, 0.25) is 0 Å². The third kappa shape index (κ3) is 4.63. The number of amides is 2. The summed E-state index contributed by atoms with van der Waals surface area (Å²) < 4.78 is 0. The standard InChI is InChI=1S/C12H22N2O3/c1-8-4-3-5-10(8)14-12(17)13-7-6-9(2)11(15)16/h8-10H,3-7H2,1-2H3,(H,15,16)(H2,13,14,17). The zero-order valence-corrected chi connectivity index (χ0v) is 10.5.